The van der Waals surface area contributed by atoms with Crippen molar-refractivity contribution in [1.82, 2.24) is 16.1 Å². The minimum atomic E-state index is -0.772. The molecule has 0 aromatic heterocycles. The van der Waals surface area contributed by atoms with Crippen LogP contribution < -0.4 is 25.5 Å². The molecule has 0 radical (unpaired) electrons. The number of halogens is 2. The van der Waals surface area contributed by atoms with Gasteiger partial charge in [-0.2, -0.15) is 5.10 Å². The predicted octanol–water partition coefficient (Wildman–Crippen LogP) is 2.91. The summed E-state index contributed by atoms with van der Waals surface area (Å²) in [7, 11) is 0. The Kier molecular flexibility index (Phi) is 9.95. The molecule has 194 valence electrons. The number of ether oxygens (including phenoxy) is 2. The summed E-state index contributed by atoms with van der Waals surface area (Å²) in [5.74, 6) is 0.353. The lowest BCUT2D eigenvalue weighted by atomic mass is 10.0. The van der Waals surface area contributed by atoms with Gasteiger partial charge in [-0.15, -0.1) is 0 Å². The van der Waals surface area contributed by atoms with E-state index in [1.165, 1.54) is 0 Å². The standard InChI is InChI=1S/C25H30Cl2N4O5/c1-25(2,29-12-16(32)13-35-21-9-4-3-7-18(21)26)15-28-23(34)14-36-24-17(6-5-8-19(24)27)20-10-11-22(33)31-30-20/h3-9,16,29,32H,10-15H2,1-2H3,(H,28,34)(H,31,33). The number of nitrogens with zero attached hydrogens (tertiary/aromatic N) is 1. The number of hydrogen-bond acceptors (Lipinski definition) is 7. The number of carbonyl (C=O) groups excluding carboxylic acids is 2. The zero-order chi connectivity index (χ0) is 26.1. The number of para-hydroxylation sites is 2. The molecule has 0 fully saturated rings. The molecule has 1 aliphatic rings. The minimum absolute atomic E-state index is 0.0716. The molecular formula is C25H30Cl2N4O5. The van der Waals surface area contributed by atoms with Crippen LogP contribution >= 0.6 is 23.2 Å². The zero-order valence-electron chi connectivity index (χ0n) is 20.1. The normalized spacial score (nSPS) is 14.5. The van der Waals surface area contributed by atoms with Crippen molar-refractivity contribution in [3.8, 4) is 11.5 Å². The van der Waals surface area contributed by atoms with Gasteiger partial charge in [0.05, 0.1) is 15.8 Å². The molecule has 2 aromatic rings. The second-order valence-electron chi connectivity index (χ2n) is 8.94. The van der Waals surface area contributed by atoms with Crippen LogP contribution in [0.5, 0.6) is 11.5 Å². The Bertz CT molecular complexity index is 1110. The maximum absolute atomic E-state index is 12.5. The SMILES string of the molecule is CC(C)(CNC(=O)COc1c(Cl)cccc1C1=NNC(=O)CC1)NCC(O)COc1ccccc1Cl. The summed E-state index contributed by atoms with van der Waals surface area (Å²) in [6.07, 6.45) is -0.0105. The summed E-state index contributed by atoms with van der Waals surface area (Å²) in [6.45, 7) is 4.17. The minimum Gasteiger partial charge on any atom is -0.489 e. The highest BCUT2D eigenvalue weighted by atomic mass is 35.5. The molecule has 11 heteroatoms. The fourth-order valence-electron chi connectivity index (χ4n) is 3.32. The molecule has 0 bridgehead atoms. The molecule has 0 aliphatic carbocycles. The zero-order valence-corrected chi connectivity index (χ0v) is 21.7. The van der Waals surface area contributed by atoms with Gasteiger partial charge in [-0.25, -0.2) is 5.43 Å². The topological polar surface area (TPSA) is 121 Å². The lowest BCUT2D eigenvalue weighted by molar-refractivity contribution is -0.123. The Morgan fingerprint density at radius 2 is 1.89 bits per heavy atom. The lowest BCUT2D eigenvalue weighted by Gasteiger charge is -2.28. The van der Waals surface area contributed by atoms with E-state index < -0.39 is 11.6 Å². The van der Waals surface area contributed by atoms with Crippen molar-refractivity contribution in [3.63, 3.8) is 0 Å². The molecule has 1 aliphatic heterocycles. The van der Waals surface area contributed by atoms with Gasteiger partial charge in [0.25, 0.3) is 5.91 Å². The van der Waals surface area contributed by atoms with Crippen LogP contribution in [0.3, 0.4) is 0 Å². The van der Waals surface area contributed by atoms with Gasteiger partial charge in [-0.1, -0.05) is 41.4 Å². The summed E-state index contributed by atoms with van der Waals surface area (Å²) < 4.78 is 11.3. The summed E-state index contributed by atoms with van der Waals surface area (Å²) in [5, 5.41) is 21.2. The van der Waals surface area contributed by atoms with Crippen LogP contribution in [0, 0.1) is 0 Å². The Morgan fingerprint density at radius 3 is 2.61 bits per heavy atom. The molecule has 0 saturated carbocycles. The molecule has 1 atom stereocenters. The third-order valence-corrected chi connectivity index (χ3v) is 5.95. The number of benzene rings is 2. The Hall–Kier alpha value is -2.85. The second kappa shape index (κ2) is 12.9. The van der Waals surface area contributed by atoms with Crippen LogP contribution in [0.1, 0.15) is 32.3 Å². The first-order chi connectivity index (χ1) is 17.1. The summed E-state index contributed by atoms with van der Waals surface area (Å²) in [6, 6.07) is 12.2. The van der Waals surface area contributed by atoms with Gasteiger partial charge in [-0.3, -0.25) is 9.59 Å². The number of hydrazone groups is 1. The number of rotatable bonds is 12. The van der Waals surface area contributed by atoms with E-state index in [0.717, 1.165) is 0 Å². The highest BCUT2D eigenvalue weighted by Gasteiger charge is 2.22. The number of aliphatic hydroxyl groups is 1. The summed E-state index contributed by atoms with van der Waals surface area (Å²) >= 11 is 12.4. The van der Waals surface area contributed by atoms with Crippen LogP contribution in [0.4, 0.5) is 0 Å². The van der Waals surface area contributed by atoms with E-state index in [9.17, 15) is 14.7 Å². The largest absolute Gasteiger partial charge is 0.489 e. The van der Waals surface area contributed by atoms with Gasteiger partial charge >= 0.3 is 0 Å². The molecule has 0 spiro atoms. The van der Waals surface area contributed by atoms with E-state index >= 15 is 0 Å². The molecule has 36 heavy (non-hydrogen) atoms. The third-order valence-electron chi connectivity index (χ3n) is 5.34. The molecule has 4 N–H and O–H groups in total. The Labute approximate surface area is 220 Å². The van der Waals surface area contributed by atoms with Crippen LogP contribution in [0.25, 0.3) is 0 Å². The number of aliphatic hydroxyl groups excluding tert-OH is 1. The van der Waals surface area contributed by atoms with E-state index in [2.05, 4.69) is 21.2 Å². The molecule has 1 heterocycles. The average Bonchev–Trinajstić information content (AvgIpc) is 2.85. The Morgan fingerprint density at radius 1 is 1.14 bits per heavy atom. The van der Waals surface area contributed by atoms with Crippen molar-refractivity contribution < 1.29 is 24.2 Å². The van der Waals surface area contributed by atoms with Gasteiger partial charge in [0, 0.05) is 37.0 Å². The third kappa shape index (κ3) is 8.37. The number of β-amino-alcohol motifs (C(OH)–C–C–N with tert-alkyl or cyclic N) is 1. The van der Waals surface area contributed by atoms with E-state index in [4.69, 9.17) is 32.7 Å². The van der Waals surface area contributed by atoms with Crippen LogP contribution in [0.15, 0.2) is 47.6 Å². The lowest BCUT2D eigenvalue weighted by Crippen LogP contribution is -2.52. The van der Waals surface area contributed by atoms with E-state index in [1.807, 2.05) is 13.8 Å². The summed E-state index contributed by atoms with van der Waals surface area (Å²) in [5.41, 5.74) is 3.21. The number of nitrogens with one attached hydrogen (secondary N) is 3. The van der Waals surface area contributed by atoms with E-state index in [1.54, 1.807) is 42.5 Å². The maximum Gasteiger partial charge on any atom is 0.258 e. The van der Waals surface area contributed by atoms with Crippen LogP contribution in [-0.2, 0) is 9.59 Å². The highest BCUT2D eigenvalue weighted by Crippen LogP contribution is 2.30. The molecule has 3 rings (SSSR count). The number of amides is 2. The first kappa shape index (κ1) is 27.7. The van der Waals surface area contributed by atoms with Crippen molar-refractivity contribution in [2.75, 3.05) is 26.3 Å². The average molecular weight is 537 g/mol. The first-order valence-electron chi connectivity index (χ1n) is 11.5. The molecule has 0 saturated heterocycles. The van der Waals surface area contributed by atoms with Gasteiger partial charge in [0.15, 0.2) is 6.61 Å². The second-order valence-corrected chi connectivity index (χ2v) is 9.75. The molecular weight excluding hydrogens is 507 g/mol. The van der Waals surface area contributed by atoms with Gasteiger partial charge < -0.3 is 25.2 Å². The maximum atomic E-state index is 12.5. The van der Waals surface area contributed by atoms with Crippen molar-refractivity contribution >= 4 is 40.7 Å². The van der Waals surface area contributed by atoms with Gasteiger partial charge in [0.2, 0.25) is 5.91 Å². The van der Waals surface area contributed by atoms with Crippen LogP contribution in [-0.4, -0.2) is 60.6 Å². The Balaban J connectivity index is 1.44. The molecule has 2 amide bonds. The molecule has 1 unspecified atom stereocenters. The predicted molar refractivity (Wildman–Crippen MR) is 139 cm³/mol. The molecule has 2 aromatic carbocycles. The quantitative estimate of drug-likeness (QED) is 0.331. The van der Waals surface area contributed by atoms with Crippen molar-refractivity contribution in [3.05, 3.63) is 58.1 Å². The molecule has 9 nitrogen and oxygen atoms in total. The number of hydrogen-bond donors (Lipinski definition) is 4. The smallest absolute Gasteiger partial charge is 0.258 e. The van der Waals surface area contributed by atoms with Crippen molar-refractivity contribution in [1.29, 1.82) is 0 Å². The monoisotopic (exact) mass is 536 g/mol. The first-order valence-corrected chi connectivity index (χ1v) is 12.2. The van der Waals surface area contributed by atoms with Gasteiger partial charge in [-0.05, 0) is 38.1 Å². The van der Waals surface area contributed by atoms with Crippen molar-refractivity contribution in [2.45, 2.75) is 38.3 Å². The van der Waals surface area contributed by atoms with Gasteiger partial charge in [0.1, 0.15) is 24.2 Å². The fraction of sp³-hybridized carbons (Fsp3) is 0.400. The number of carbonyl (C=O) groups is 2. The van der Waals surface area contributed by atoms with E-state index in [-0.39, 0.29) is 31.6 Å². The van der Waals surface area contributed by atoms with Crippen LogP contribution in [0.2, 0.25) is 10.0 Å². The fourth-order valence-corrected chi connectivity index (χ4v) is 3.74. The van der Waals surface area contributed by atoms with E-state index in [0.29, 0.717) is 52.2 Å². The summed E-state index contributed by atoms with van der Waals surface area (Å²) in [4.78, 5) is 23.8. The highest BCUT2D eigenvalue weighted by molar-refractivity contribution is 6.33. The van der Waals surface area contributed by atoms with Crippen molar-refractivity contribution in [2.24, 2.45) is 5.10 Å².